The van der Waals surface area contributed by atoms with Gasteiger partial charge in [-0.25, -0.2) is 0 Å². The summed E-state index contributed by atoms with van der Waals surface area (Å²) in [4.78, 5) is 6.49. The van der Waals surface area contributed by atoms with Gasteiger partial charge in [-0.05, 0) is 117 Å². The molecule has 0 unspecified atom stereocenters. The minimum atomic E-state index is 1.09. The molecule has 8 rings (SSSR count). The molecule has 184 valence electrons. The molecule has 0 fully saturated rings. The molecule has 0 amide bonds. The zero-order chi connectivity index (χ0) is 25.8. The van der Waals surface area contributed by atoms with Crippen LogP contribution in [-0.2, 0) is 6.42 Å². The van der Waals surface area contributed by atoms with Gasteiger partial charge in [0, 0.05) is 29.5 Å². The van der Waals surface area contributed by atoms with Gasteiger partial charge in [-0.3, -0.25) is 4.98 Å². The van der Waals surface area contributed by atoms with Crippen molar-refractivity contribution in [1.29, 1.82) is 0 Å². The van der Waals surface area contributed by atoms with Crippen LogP contribution in [0.15, 0.2) is 128 Å². The number of para-hydroxylation sites is 1. The van der Waals surface area contributed by atoms with Crippen LogP contribution in [0.4, 0.5) is 17.1 Å². The number of pyridine rings is 1. The first-order valence-corrected chi connectivity index (χ1v) is 13.6. The van der Waals surface area contributed by atoms with Crippen molar-refractivity contribution in [2.24, 2.45) is 0 Å². The molecule has 5 aromatic carbocycles. The fraction of sp³-hybridized carbons (Fsp3) is 0.0541. The molecule has 0 N–H and O–H groups in total. The Morgan fingerprint density at radius 3 is 2.13 bits per heavy atom. The van der Waals surface area contributed by atoms with Gasteiger partial charge in [-0.2, -0.15) is 0 Å². The summed E-state index contributed by atoms with van der Waals surface area (Å²) < 4.78 is 0. The van der Waals surface area contributed by atoms with Crippen molar-refractivity contribution >= 4 is 33.9 Å². The highest BCUT2D eigenvalue weighted by molar-refractivity contribution is 6.19. The van der Waals surface area contributed by atoms with Crippen LogP contribution in [0.5, 0.6) is 0 Å². The Balaban J connectivity index is 1.24. The van der Waals surface area contributed by atoms with Crippen LogP contribution in [-0.4, -0.2) is 4.98 Å². The Morgan fingerprint density at radius 1 is 0.564 bits per heavy atom. The zero-order valence-corrected chi connectivity index (χ0v) is 21.5. The van der Waals surface area contributed by atoms with Gasteiger partial charge in [0.05, 0.1) is 0 Å². The highest BCUT2D eigenvalue weighted by Crippen LogP contribution is 2.50. The monoisotopic (exact) mass is 498 g/mol. The average molecular weight is 499 g/mol. The van der Waals surface area contributed by atoms with Gasteiger partial charge in [0.25, 0.3) is 0 Å². The SMILES string of the molecule is C1=Cc2cc3c(cc2CC1)-c1cccc2c(-c4ccc(N(c5ccccc5)c5ccncc5)cc4)ccc-3c12. The lowest BCUT2D eigenvalue weighted by Gasteiger charge is -2.25. The Hall–Kier alpha value is -4.95. The first kappa shape index (κ1) is 22.1. The van der Waals surface area contributed by atoms with Gasteiger partial charge in [0.2, 0.25) is 0 Å². The van der Waals surface area contributed by atoms with Crippen molar-refractivity contribution < 1.29 is 0 Å². The topological polar surface area (TPSA) is 16.1 Å². The molecule has 0 spiro atoms. The minimum absolute atomic E-state index is 1.09. The van der Waals surface area contributed by atoms with Crippen LogP contribution in [0.3, 0.4) is 0 Å². The molecule has 2 aliphatic carbocycles. The summed E-state index contributed by atoms with van der Waals surface area (Å²) in [5, 5.41) is 2.69. The number of hydrogen-bond acceptors (Lipinski definition) is 2. The van der Waals surface area contributed by atoms with E-state index in [9.17, 15) is 0 Å². The standard InChI is InChI=1S/C37H26N2/c1-2-9-28(10-3-1)39(30-19-21-38-22-20-30)29-15-13-25(14-16-29)31-17-18-34-36-24-27-8-5-4-7-26(27)23-35(36)33-12-6-11-32(31)37(33)34/h1-3,5-6,8-24H,4,7H2. The average Bonchev–Trinajstić information content (AvgIpc) is 3.32. The molecule has 0 atom stereocenters. The molecule has 0 bridgehead atoms. The maximum absolute atomic E-state index is 4.22. The number of aryl methyl sites for hydroxylation is 1. The third-order valence-electron chi connectivity index (χ3n) is 8.15. The van der Waals surface area contributed by atoms with Gasteiger partial charge in [-0.1, -0.05) is 72.8 Å². The molecule has 2 aliphatic rings. The number of rotatable bonds is 4. The summed E-state index contributed by atoms with van der Waals surface area (Å²) in [7, 11) is 0. The van der Waals surface area contributed by atoms with E-state index in [1.165, 1.54) is 55.3 Å². The highest BCUT2D eigenvalue weighted by Gasteiger charge is 2.24. The largest absolute Gasteiger partial charge is 0.310 e. The lowest BCUT2D eigenvalue weighted by molar-refractivity contribution is 0.987. The maximum atomic E-state index is 4.22. The zero-order valence-electron chi connectivity index (χ0n) is 21.5. The molecule has 0 aliphatic heterocycles. The van der Waals surface area contributed by atoms with Gasteiger partial charge >= 0.3 is 0 Å². The molecule has 0 saturated heterocycles. The fourth-order valence-electron chi connectivity index (χ4n) is 6.34. The van der Waals surface area contributed by atoms with Crippen molar-refractivity contribution in [2.45, 2.75) is 12.8 Å². The van der Waals surface area contributed by atoms with Crippen molar-refractivity contribution in [3.63, 3.8) is 0 Å². The summed E-state index contributed by atoms with van der Waals surface area (Å²) in [5.41, 5.74) is 14.1. The number of anilines is 3. The second kappa shape index (κ2) is 8.82. The summed E-state index contributed by atoms with van der Waals surface area (Å²) in [6.45, 7) is 0. The molecule has 2 heteroatoms. The number of allylic oxidation sites excluding steroid dienone is 1. The molecule has 0 saturated carbocycles. The van der Waals surface area contributed by atoms with Crippen molar-refractivity contribution in [3.05, 3.63) is 139 Å². The van der Waals surface area contributed by atoms with Crippen LogP contribution >= 0.6 is 0 Å². The van der Waals surface area contributed by atoms with Gasteiger partial charge in [0.15, 0.2) is 0 Å². The molecular formula is C37H26N2. The molecule has 6 aromatic rings. The Bertz CT molecular complexity index is 1850. The normalized spacial score (nSPS) is 12.8. The van der Waals surface area contributed by atoms with E-state index in [0.29, 0.717) is 0 Å². The van der Waals surface area contributed by atoms with E-state index in [0.717, 1.165) is 29.9 Å². The quantitative estimate of drug-likeness (QED) is 0.240. The first-order chi connectivity index (χ1) is 19.3. The van der Waals surface area contributed by atoms with Crippen molar-refractivity contribution in [2.75, 3.05) is 4.90 Å². The van der Waals surface area contributed by atoms with Crippen LogP contribution in [0.25, 0.3) is 50.2 Å². The van der Waals surface area contributed by atoms with E-state index in [4.69, 9.17) is 0 Å². The minimum Gasteiger partial charge on any atom is -0.310 e. The number of nitrogens with zero attached hydrogens (tertiary/aromatic N) is 2. The third-order valence-corrected chi connectivity index (χ3v) is 8.15. The van der Waals surface area contributed by atoms with Gasteiger partial charge in [-0.15, -0.1) is 0 Å². The summed E-state index contributed by atoms with van der Waals surface area (Å²) in [5.74, 6) is 0. The second-order valence-corrected chi connectivity index (χ2v) is 10.3. The van der Waals surface area contributed by atoms with Crippen molar-refractivity contribution in [1.82, 2.24) is 4.98 Å². The Kier molecular flexibility index (Phi) is 4.99. The van der Waals surface area contributed by atoms with E-state index < -0.39 is 0 Å². The van der Waals surface area contributed by atoms with Gasteiger partial charge in [0.1, 0.15) is 0 Å². The number of fused-ring (bicyclic) bond motifs is 4. The fourth-order valence-corrected chi connectivity index (χ4v) is 6.34. The second-order valence-electron chi connectivity index (χ2n) is 10.3. The smallest absolute Gasteiger partial charge is 0.0492 e. The molecular weight excluding hydrogens is 472 g/mol. The summed E-state index contributed by atoms with van der Waals surface area (Å²) >= 11 is 0. The lowest BCUT2D eigenvalue weighted by atomic mass is 9.91. The van der Waals surface area contributed by atoms with Crippen LogP contribution in [0, 0.1) is 0 Å². The summed E-state index contributed by atoms with van der Waals surface area (Å²) in [6.07, 6.45) is 10.5. The Morgan fingerprint density at radius 2 is 1.28 bits per heavy atom. The molecule has 1 heterocycles. The van der Waals surface area contributed by atoms with Gasteiger partial charge < -0.3 is 4.90 Å². The molecule has 2 nitrogen and oxygen atoms in total. The first-order valence-electron chi connectivity index (χ1n) is 13.6. The van der Waals surface area contributed by atoms with Crippen LogP contribution < -0.4 is 4.90 Å². The number of aromatic nitrogens is 1. The van der Waals surface area contributed by atoms with E-state index in [2.05, 4.69) is 131 Å². The van der Waals surface area contributed by atoms with Crippen molar-refractivity contribution in [3.8, 4) is 33.4 Å². The van der Waals surface area contributed by atoms with Crippen LogP contribution in [0.1, 0.15) is 17.5 Å². The molecule has 0 radical (unpaired) electrons. The molecule has 1 aromatic heterocycles. The predicted molar refractivity (Wildman–Crippen MR) is 164 cm³/mol. The molecule has 39 heavy (non-hydrogen) atoms. The Labute approximate surface area is 228 Å². The highest BCUT2D eigenvalue weighted by atomic mass is 15.1. The van der Waals surface area contributed by atoms with E-state index in [-0.39, 0.29) is 0 Å². The number of hydrogen-bond donors (Lipinski definition) is 0. The summed E-state index contributed by atoms with van der Waals surface area (Å²) in [6, 6.07) is 39.8. The van der Waals surface area contributed by atoms with E-state index in [1.54, 1.807) is 0 Å². The van der Waals surface area contributed by atoms with E-state index in [1.807, 2.05) is 12.4 Å². The van der Waals surface area contributed by atoms with Crippen LogP contribution in [0.2, 0.25) is 0 Å². The van der Waals surface area contributed by atoms with E-state index >= 15 is 0 Å². The maximum Gasteiger partial charge on any atom is 0.0492 e. The third kappa shape index (κ3) is 3.53. The number of benzene rings is 5. The predicted octanol–water partition coefficient (Wildman–Crippen LogP) is 9.98. The lowest BCUT2D eigenvalue weighted by Crippen LogP contribution is -2.09.